The van der Waals surface area contributed by atoms with Crippen molar-refractivity contribution in [2.45, 2.75) is 19.8 Å². The molecule has 0 fully saturated rings. The molecule has 0 aliphatic heterocycles. The number of aliphatic hydroxyl groups excluding tert-OH is 1. The van der Waals surface area contributed by atoms with Crippen LogP contribution in [0.3, 0.4) is 0 Å². The third kappa shape index (κ3) is 3.46. The third-order valence-corrected chi connectivity index (χ3v) is 3.50. The molecule has 0 saturated carbocycles. The molecule has 0 radical (unpaired) electrons. The first-order chi connectivity index (χ1) is 9.76. The van der Waals surface area contributed by atoms with Crippen molar-refractivity contribution in [1.82, 2.24) is 4.98 Å². The van der Waals surface area contributed by atoms with Gasteiger partial charge in [0.25, 0.3) is 0 Å². The number of nitrogens with zero attached hydrogens (tertiary/aromatic N) is 2. The van der Waals surface area contributed by atoms with Gasteiger partial charge in [-0.05, 0) is 42.7 Å². The van der Waals surface area contributed by atoms with Gasteiger partial charge in [-0.15, -0.1) is 0 Å². The van der Waals surface area contributed by atoms with Gasteiger partial charge in [0.1, 0.15) is 5.82 Å². The fourth-order valence-electron chi connectivity index (χ4n) is 2.18. The maximum Gasteiger partial charge on any atom is 0.126 e. The fraction of sp³-hybridized carbons (Fsp3) is 0.375. The SMILES string of the molecule is CCC(CCO)CNc1ccc2cc(C#N)ccc2n1. The average Bonchev–Trinajstić information content (AvgIpc) is 2.50. The summed E-state index contributed by atoms with van der Waals surface area (Å²) < 4.78 is 0. The van der Waals surface area contributed by atoms with Crippen LogP contribution in [0.1, 0.15) is 25.3 Å². The molecule has 4 nitrogen and oxygen atoms in total. The predicted octanol–water partition coefficient (Wildman–Crippen LogP) is 2.93. The van der Waals surface area contributed by atoms with E-state index < -0.39 is 0 Å². The van der Waals surface area contributed by atoms with Gasteiger partial charge in [0.05, 0.1) is 17.1 Å². The molecule has 4 heteroatoms. The van der Waals surface area contributed by atoms with Crippen molar-refractivity contribution in [2.75, 3.05) is 18.5 Å². The molecule has 0 aliphatic carbocycles. The van der Waals surface area contributed by atoms with Crippen LogP contribution in [0.2, 0.25) is 0 Å². The fourth-order valence-corrected chi connectivity index (χ4v) is 2.18. The molecule has 2 rings (SSSR count). The summed E-state index contributed by atoms with van der Waals surface area (Å²) in [6, 6.07) is 11.5. The van der Waals surface area contributed by atoms with Gasteiger partial charge in [0, 0.05) is 18.5 Å². The van der Waals surface area contributed by atoms with Gasteiger partial charge in [-0.3, -0.25) is 0 Å². The van der Waals surface area contributed by atoms with E-state index in [1.807, 2.05) is 24.3 Å². The summed E-state index contributed by atoms with van der Waals surface area (Å²) in [7, 11) is 0. The van der Waals surface area contributed by atoms with Crippen LogP contribution in [0.15, 0.2) is 30.3 Å². The Balaban J connectivity index is 2.10. The Labute approximate surface area is 119 Å². The van der Waals surface area contributed by atoms with Gasteiger partial charge in [-0.1, -0.05) is 13.3 Å². The lowest BCUT2D eigenvalue weighted by Crippen LogP contribution is -2.15. The zero-order valence-corrected chi connectivity index (χ0v) is 11.6. The molecule has 0 amide bonds. The van der Waals surface area contributed by atoms with E-state index in [-0.39, 0.29) is 6.61 Å². The Morgan fingerprint density at radius 3 is 2.90 bits per heavy atom. The molecule has 104 valence electrons. The van der Waals surface area contributed by atoms with Crippen molar-refractivity contribution in [3.8, 4) is 6.07 Å². The molecule has 0 aliphatic rings. The number of hydrogen-bond acceptors (Lipinski definition) is 4. The van der Waals surface area contributed by atoms with Gasteiger partial charge >= 0.3 is 0 Å². The lowest BCUT2D eigenvalue weighted by Gasteiger charge is -2.15. The van der Waals surface area contributed by atoms with Crippen LogP contribution in [-0.2, 0) is 0 Å². The normalized spacial score (nSPS) is 12.1. The Bertz CT molecular complexity index is 619. The maximum atomic E-state index is 8.99. The molecule has 20 heavy (non-hydrogen) atoms. The Morgan fingerprint density at radius 1 is 1.35 bits per heavy atom. The molecular formula is C16H19N3O. The van der Waals surface area contributed by atoms with Crippen molar-refractivity contribution < 1.29 is 5.11 Å². The Morgan fingerprint density at radius 2 is 2.20 bits per heavy atom. The van der Waals surface area contributed by atoms with Crippen LogP contribution >= 0.6 is 0 Å². The minimum atomic E-state index is 0.224. The second-order valence-corrected chi connectivity index (χ2v) is 4.88. The molecule has 1 atom stereocenters. The number of fused-ring (bicyclic) bond motifs is 1. The van der Waals surface area contributed by atoms with Crippen molar-refractivity contribution in [3.05, 3.63) is 35.9 Å². The Kier molecular flexibility index (Phi) is 4.91. The number of nitrogens with one attached hydrogen (secondary N) is 1. The van der Waals surface area contributed by atoms with Gasteiger partial charge < -0.3 is 10.4 Å². The van der Waals surface area contributed by atoms with E-state index in [1.165, 1.54) is 0 Å². The smallest absolute Gasteiger partial charge is 0.126 e. The van der Waals surface area contributed by atoms with Crippen LogP contribution < -0.4 is 5.32 Å². The number of pyridine rings is 1. The molecule has 1 heterocycles. The highest BCUT2D eigenvalue weighted by Crippen LogP contribution is 2.17. The van der Waals surface area contributed by atoms with Crippen molar-refractivity contribution in [1.29, 1.82) is 5.26 Å². The molecule has 0 saturated heterocycles. The van der Waals surface area contributed by atoms with Crippen LogP contribution in [-0.4, -0.2) is 23.2 Å². The topological polar surface area (TPSA) is 68.9 Å². The van der Waals surface area contributed by atoms with Gasteiger partial charge in [-0.25, -0.2) is 4.98 Å². The summed E-state index contributed by atoms with van der Waals surface area (Å²) in [6.07, 6.45) is 1.84. The van der Waals surface area contributed by atoms with E-state index in [0.29, 0.717) is 11.5 Å². The molecule has 1 unspecified atom stereocenters. The molecule has 1 aromatic carbocycles. The summed E-state index contributed by atoms with van der Waals surface area (Å²) in [5.41, 5.74) is 1.53. The predicted molar refractivity (Wildman–Crippen MR) is 80.4 cm³/mol. The zero-order valence-electron chi connectivity index (χ0n) is 11.6. The zero-order chi connectivity index (χ0) is 14.4. The van der Waals surface area contributed by atoms with Crippen LogP contribution in [0.25, 0.3) is 10.9 Å². The quantitative estimate of drug-likeness (QED) is 0.846. The summed E-state index contributed by atoms with van der Waals surface area (Å²) in [5.74, 6) is 1.29. The molecule has 1 aromatic heterocycles. The van der Waals surface area contributed by atoms with Gasteiger partial charge in [-0.2, -0.15) is 5.26 Å². The molecule has 2 N–H and O–H groups in total. The summed E-state index contributed by atoms with van der Waals surface area (Å²) in [5, 5.41) is 22.1. The Hall–Kier alpha value is -2.12. The van der Waals surface area contributed by atoms with Crippen molar-refractivity contribution in [3.63, 3.8) is 0 Å². The van der Waals surface area contributed by atoms with Crippen LogP contribution in [0, 0.1) is 17.2 Å². The van der Waals surface area contributed by atoms with E-state index in [1.54, 1.807) is 6.07 Å². The second kappa shape index (κ2) is 6.88. The van der Waals surface area contributed by atoms with E-state index in [9.17, 15) is 0 Å². The lowest BCUT2D eigenvalue weighted by molar-refractivity contribution is 0.258. The van der Waals surface area contributed by atoms with E-state index in [2.05, 4.69) is 23.3 Å². The number of aliphatic hydroxyl groups is 1. The number of nitriles is 1. The second-order valence-electron chi connectivity index (χ2n) is 4.88. The molecule has 0 spiro atoms. The third-order valence-electron chi connectivity index (χ3n) is 3.50. The first-order valence-electron chi connectivity index (χ1n) is 6.92. The molecule has 2 aromatic rings. The highest BCUT2D eigenvalue weighted by molar-refractivity contribution is 5.81. The minimum absolute atomic E-state index is 0.224. The summed E-state index contributed by atoms with van der Waals surface area (Å²) in [4.78, 5) is 4.53. The minimum Gasteiger partial charge on any atom is -0.396 e. The van der Waals surface area contributed by atoms with Gasteiger partial charge in [0.2, 0.25) is 0 Å². The highest BCUT2D eigenvalue weighted by Gasteiger charge is 2.06. The number of rotatable bonds is 6. The maximum absolute atomic E-state index is 8.99. The lowest BCUT2D eigenvalue weighted by atomic mass is 10.0. The van der Waals surface area contributed by atoms with Crippen molar-refractivity contribution in [2.24, 2.45) is 5.92 Å². The van der Waals surface area contributed by atoms with E-state index >= 15 is 0 Å². The highest BCUT2D eigenvalue weighted by atomic mass is 16.3. The van der Waals surface area contributed by atoms with E-state index in [0.717, 1.165) is 36.1 Å². The van der Waals surface area contributed by atoms with E-state index in [4.69, 9.17) is 10.4 Å². The van der Waals surface area contributed by atoms with Crippen molar-refractivity contribution >= 4 is 16.7 Å². The monoisotopic (exact) mass is 269 g/mol. The standard InChI is InChI=1S/C16H19N3O/c1-2-12(7-8-20)11-18-16-6-4-14-9-13(10-17)3-5-15(14)19-16/h3-6,9,12,20H,2,7-8,11H2,1H3,(H,18,19). The largest absolute Gasteiger partial charge is 0.396 e. The molecule has 0 bridgehead atoms. The van der Waals surface area contributed by atoms with Crippen LogP contribution in [0.4, 0.5) is 5.82 Å². The number of benzene rings is 1. The number of anilines is 1. The average molecular weight is 269 g/mol. The van der Waals surface area contributed by atoms with Gasteiger partial charge in [0.15, 0.2) is 0 Å². The summed E-state index contributed by atoms with van der Waals surface area (Å²) in [6.45, 7) is 3.16. The number of aromatic nitrogens is 1. The number of hydrogen-bond donors (Lipinski definition) is 2. The van der Waals surface area contributed by atoms with Crippen LogP contribution in [0.5, 0.6) is 0 Å². The molecular weight excluding hydrogens is 250 g/mol. The first kappa shape index (κ1) is 14.3. The first-order valence-corrected chi connectivity index (χ1v) is 6.92. The summed E-state index contributed by atoms with van der Waals surface area (Å²) >= 11 is 0.